The van der Waals surface area contributed by atoms with Crippen LogP contribution in [0.3, 0.4) is 0 Å². The van der Waals surface area contributed by atoms with Gasteiger partial charge in [-0.2, -0.15) is 0 Å². The van der Waals surface area contributed by atoms with Crippen molar-refractivity contribution < 1.29 is 73.8 Å². The Morgan fingerprint density at radius 3 is 1.30 bits per heavy atom. The molecule has 0 unspecified atom stereocenters. The molecule has 0 radical (unpaired) electrons. The Morgan fingerprint density at radius 1 is 0.467 bits per heavy atom. The largest absolute Gasteiger partial charge is 0.462 e. The highest BCUT2D eigenvalue weighted by Gasteiger charge is 2.47. The van der Waals surface area contributed by atoms with E-state index in [1.54, 1.807) is 0 Å². The summed E-state index contributed by atoms with van der Waals surface area (Å²) in [6.07, 6.45) is 11.4. The number of carbonyl (C=O) groups is 2. The van der Waals surface area contributed by atoms with Crippen molar-refractivity contribution in [3.05, 3.63) is 0 Å². The summed E-state index contributed by atoms with van der Waals surface area (Å²) in [5.41, 5.74) is 0. The van der Waals surface area contributed by atoms with Gasteiger partial charge in [0.25, 0.3) is 0 Å². The summed E-state index contributed by atoms with van der Waals surface area (Å²) in [6, 6.07) is 0. The van der Waals surface area contributed by atoms with Gasteiger partial charge in [-0.15, -0.1) is 0 Å². The second-order valence-corrected chi connectivity index (χ2v) is 17.0. The Bertz CT molecular complexity index is 1070. The van der Waals surface area contributed by atoms with E-state index in [-0.39, 0.29) is 26.1 Å². The number of ether oxygens (including phenoxy) is 6. The highest BCUT2D eigenvalue weighted by Crippen LogP contribution is 2.26. The molecule has 15 heteroatoms. The van der Waals surface area contributed by atoms with E-state index in [2.05, 4.69) is 13.8 Å². The van der Waals surface area contributed by atoms with Gasteiger partial charge >= 0.3 is 11.9 Å². The fourth-order valence-corrected chi connectivity index (χ4v) is 7.63. The highest BCUT2D eigenvalue weighted by atomic mass is 16.7. The van der Waals surface area contributed by atoms with E-state index in [0.717, 1.165) is 38.5 Å². The molecular formula is C45H84O15. The van der Waals surface area contributed by atoms with Gasteiger partial charge < -0.3 is 64.2 Å². The maximum Gasteiger partial charge on any atom is 0.306 e. The van der Waals surface area contributed by atoms with Gasteiger partial charge in [-0.1, -0.05) is 155 Å². The maximum absolute atomic E-state index is 12.9. The molecule has 2 aliphatic heterocycles. The monoisotopic (exact) mass is 865 g/mol. The molecule has 60 heavy (non-hydrogen) atoms. The van der Waals surface area contributed by atoms with Crippen molar-refractivity contribution in [2.24, 2.45) is 0 Å². The molecule has 0 aliphatic carbocycles. The van der Waals surface area contributed by atoms with Crippen LogP contribution < -0.4 is 0 Å². The minimum absolute atomic E-state index is 0.172. The van der Waals surface area contributed by atoms with Crippen molar-refractivity contribution in [3.8, 4) is 0 Å². The van der Waals surface area contributed by atoms with Crippen LogP contribution >= 0.6 is 0 Å². The standard InChI is InChI=1S/C45H84O15/c1-3-5-7-9-11-13-15-16-18-19-21-23-25-27-36(47)55-30-33(58-37(48)28-26-24-22-20-17-14-12-10-8-6-4-2)31-56-44-43(54)41(52)39(50)35(60-44)32-57-45-42(53)40(51)38(49)34(29-46)59-45/h33-35,38-46,49-54H,3-32H2,1-2H3/t33-,34-,35-,38+,39+,40+,41+,42-,43-,44-,45+/m1/s1. The van der Waals surface area contributed by atoms with Gasteiger partial charge in [0.1, 0.15) is 55.4 Å². The summed E-state index contributed by atoms with van der Waals surface area (Å²) in [6.45, 7) is 2.58. The quantitative estimate of drug-likeness (QED) is 0.0315. The lowest BCUT2D eigenvalue weighted by Crippen LogP contribution is -2.61. The van der Waals surface area contributed by atoms with E-state index in [9.17, 15) is 45.3 Å². The molecule has 0 aromatic heterocycles. The van der Waals surface area contributed by atoms with Crippen LogP contribution in [0.1, 0.15) is 181 Å². The van der Waals surface area contributed by atoms with Crippen molar-refractivity contribution in [1.82, 2.24) is 0 Å². The number of esters is 2. The molecule has 0 saturated carbocycles. The summed E-state index contributed by atoms with van der Waals surface area (Å²) >= 11 is 0. The normalized spacial score (nSPS) is 27.5. The van der Waals surface area contributed by atoms with Crippen molar-refractivity contribution in [2.75, 3.05) is 26.4 Å². The van der Waals surface area contributed by atoms with E-state index < -0.39 is 92.7 Å². The zero-order chi connectivity index (χ0) is 44.0. The Kier molecular flexibility index (Phi) is 30.9. The third kappa shape index (κ3) is 22.7. The smallest absolute Gasteiger partial charge is 0.306 e. The topological polar surface area (TPSA) is 231 Å². The lowest BCUT2D eigenvalue weighted by atomic mass is 9.98. The van der Waals surface area contributed by atoms with Gasteiger partial charge in [-0.25, -0.2) is 0 Å². The molecule has 7 N–H and O–H groups in total. The first-order chi connectivity index (χ1) is 29.0. The second kappa shape index (κ2) is 34.0. The van der Waals surface area contributed by atoms with Crippen molar-refractivity contribution in [3.63, 3.8) is 0 Å². The van der Waals surface area contributed by atoms with Crippen LogP contribution in [-0.2, 0) is 38.0 Å². The molecule has 15 nitrogen and oxygen atoms in total. The van der Waals surface area contributed by atoms with E-state index in [1.807, 2.05) is 0 Å². The molecule has 2 aliphatic rings. The molecule has 0 bridgehead atoms. The Morgan fingerprint density at radius 2 is 0.850 bits per heavy atom. The number of hydrogen-bond donors (Lipinski definition) is 7. The number of aliphatic hydroxyl groups excluding tert-OH is 7. The number of aliphatic hydroxyl groups is 7. The first kappa shape index (κ1) is 54.6. The summed E-state index contributed by atoms with van der Waals surface area (Å²) < 4.78 is 33.5. The van der Waals surface area contributed by atoms with Crippen LogP contribution in [0.15, 0.2) is 0 Å². The molecule has 2 heterocycles. The molecule has 0 aromatic carbocycles. The SMILES string of the molecule is CCCCCCCCCCCCCCCC(=O)OC[C@H](CO[C@@H]1O[C@H](CO[C@H]2O[C@H](CO)[C@H](O)[C@H](O)[C@H]2O)[C@H](O)[C@H](O)[C@H]1O)OC(=O)CCCCCCCCCCCCC. The molecule has 2 fully saturated rings. The molecule has 0 amide bonds. The lowest BCUT2D eigenvalue weighted by Gasteiger charge is -2.42. The molecule has 354 valence electrons. The van der Waals surface area contributed by atoms with Gasteiger partial charge in [0.05, 0.1) is 19.8 Å². The van der Waals surface area contributed by atoms with Crippen LogP contribution in [0.4, 0.5) is 0 Å². The fraction of sp³-hybridized carbons (Fsp3) is 0.956. The molecule has 0 aromatic rings. The molecule has 0 spiro atoms. The number of carbonyl (C=O) groups excluding carboxylic acids is 2. The lowest BCUT2D eigenvalue weighted by molar-refractivity contribution is -0.332. The zero-order valence-electron chi connectivity index (χ0n) is 37.0. The van der Waals surface area contributed by atoms with Crippen LogP contribution in [0.2, 0.25) is 0 Å². The van der Waals surface area contributed by atoms with Crippen molar-refractivity contribution in [1.29, 1.82) is 0 Å². The minimum Gasteiger partial charge on any atom is -0.462 e. The van der Waals surface area contributed by atoms with Crippen LogP contribution in [0.25, 0.3) is 0 Å². The third-order valence-electron chi connectivity index (χ3n) is 11.6. The Labute approximate surface area is 359 Å². The number of unbranched alkanes of at least 4 members (excludes halogenated alkanes) is 22. The van der Waals surface area contributed by atoms with Crippen LogP contribution in [-0.4, -0.2) is 142 Å². The summed E-state index contributed by atoms with van der Waals surface area (Å²) in [5, 5.41) is 71.8. The summed E-state index contributed by atoms with van der Waals surface area (Å²) in [4.78, 5) is 25.6. The Balaban J connectivity index is 1.84. The van der Waals surface area contributed by atoms with E-state index in [4.69, 9.17) is 28.4 Å². The van der Waals surface area contributed by atoms with Gasteiger partial charge in [0.15, 0.2) is 18.7 Å². The molecular weight excluding hydrogens is 780 g/mol. The van der Waals surface area contributed by atoms with Gasteiger partial charge in [0, 0.05) is 12.8 Å². The minimum atomic E-state index is -1.76. The van der Waals surface area contributed by atoms with Crippen molar-refractivity contribution in [2.45, 2.75) is 248 Å². The average molecular weight is 865 g/mol. The van der Waals surface area contributed by atoms with Crippen molar-refractivity contribution >= 4 is 11.9 Å². The van der Waals surface area contributed by atoms with Gasteiger partial charge in [-0.05, 0) is 12.8 Å². The van der Waals surface area contributed by atoms with E-state index in [1.165, 1.54) is 103 Å². The summed E-state index contributed by atoms with van der Waals surface area (Å²) in [7, 11) is 0. The fourth-order valence-electron chi connectivity index (χ4n) is 7.63. The summed E-state index contributed by atoms with van der Waals surface area (Å²) in [5.74, 6) is -0.916. The average Bonchev–Trinajstić information content (AvgIpc) is 3.24. The predicted molar refractivity (Wildman–Crippen MR) is 225 cm³/mol. The number of rotatable bonds is 36. The predicted octanol–water partition coefficient (Wildman–Crippen LogP) is 5.26. The second-order valence-electron chi connectivity index (χ2n) is 17.0. The highest BCUT2D eigenvalue weighted by molar-refractivity contribution is 5.70. The first-order valence-electron chi connectivity index (χ1n) is 23.6. The van der Waals surface area contributed by atoms with E-state index >= 15 is 0 Å². The maximum atomic E-state index is 12.9. The third-order valence-corrected chi connectivity index (χ3v) is 11.6. The molecule has 11 atom stereocenters. The molecule has 2 rings (SSSR count). The van der Waals surface area contributed by atoms with E-state index in [0.29, 0.717) is 12.8 Å². The molecule has 2 saturated heterocycles. The first-order valence-corrected chi connectivity index (χ1v) is 23.6. The number of hydrogen-bond acceptors (Lipinski definition) is 15. The van der Waals surface area contributed by atoms with Crippen LogP contribution in [0, 0.1) is 0 Å². The van der Waals surface area contributed by atoms with Gasteiger partial charge in [0.2, 0.25) is 0 Å². The van der Waals surface area contributed by atoms with Gasteiger partial charge in [-0.3, -0.25) is 9.59 Å². The Hall–Kier alpha value is -1.50. The zero-order valence-corrected chi connectivity index (χ0v) is 37.0. The van der Waals surface area contributed by atoms with Crippen LogP contribution in [0.5, 0.6) is 0 Å².